The minimum absolute atomic E-state index is 0.214. The molecule has 1 fully saturated rings. The molecule has 136 valence electrons. The second kappa shape index (κ2) is 7.25. The van der Waals surface area contributed by atoms with Crippen molar-refractivity contribution < 1.29 is 9.59 Å². The molecule has 2 aromatic carbocycles. The van der Waals surface area contributed by atoms with Crippen LogP contribution in [0.2, 0.25) is 5.02 Å². The number of carbonyl (C=O) groups excluding carboxylic acids is 2. The number of nitrogens with zero attached hydrogens (tertiary/aromatic N) is 2. The monoisotopic (exact) mass is 396 g/mol. The van der Waals surface area contributed by atoms with Gasteiger partial charge in [0.25, 0.3) is 11.1 Å². The highest BCUT2D eigenvalue weighted by molar-refractivity contribution is 8.18. The van der Waals surface area contributed by atoms with Crippen LogP contribution in [-0.4, -0.2) is 27.2 Å². The number of hydrogen-bond acceptors (Lipinski definition) is 3. The molecule has 6 heteroatoms. The fourth-order valence-corrected chi connectivity index (χ4v) is 4.33. The van der Waals surface area contributed by atoms with Gasteiger partial charge in [0, 0.05) is 40.8 Å². The third kappa shape index (κ3) is 3.29. The Labute approximate surface area is 166 Å². The highest BCUT2D eigenvalue weighted by atomic mass is 35.5. The molecule has 0 saturated carbocycles. The van der Waals surface area contributed by atoms with Gasteiger partial charge in [0.1, 0.15) is 0 Å². The lowest BCUT2D eigenvalue weighted by Gasteiger charge is -2.07. The molecular formula is C21H17ClN2O2S. The van der Waals surface area contributed by atoms with Gasteiger partial charge < -0.3 is 4.57 Å². The highest BCUT2D eigenvalue weighted by Crippen LogP contribution is 2.34. The summed E-state index contributed by atoms with van der Waals surface area (Å²) < 4.78 is 2.12. The van der Waals surface area contributed by atoms with Gasteiger partial charge in [-0.15, -0.1) is 0 Å². The normalized spacial score (nSPS) is 16.1. The van der Waals surface area contributed by atoms with Crippen molar-refractivity contribution in [2.45, 2.75) is 13.5 Å². The Kier molecular flexibility index (Phi) is 4.81. The Morgan fingerprint density at radius 2 is 1.81 bits per heavy atom. The predicted molar refractivity (Wildman–Crippen MR) is 111 cm³/mol. The molecule has 1 aromatic heterocycles. The predicted octanol–water partition coefficient (Wildman–Crippen LogP) is 5.40. The van der Waals surface area contributed by atoms with Crippen molar-refractivity contribution in [3.05, 3.63) is 75.8 Å². The third-order valence-electron chi connectivity index (χ3n) is 4.59. The van der Waals surface area contributed by atoms with Crippen LogP contribution < -0.4 is 0 Å². The van der Waals surface area contributed by atoms with Crippen molar-refractivity contribution in [3.8, 4) is 0 Å². The number of thioether (sulfide) groups is 1. The minimum atomic E-state index is -0.226. The Morgan fingerprint density at radius 3 is 2.56 bits per heavy atom. The quantitative estimate of drug-likeness (QED) is 0.554. The maximum atomic E-state index is 12.4. The van der Waals surface area contributed by atoms with Gasteiger partial charge in [-0.1, -0.05) is 48.0 Å². The molecule has 0 aliphatic carbocycles. The number of aromatic nitrogens is 1. The first-order valence-electron chi connectivity index (χ1n) is 8.65. The number of halogens is 1. The van der Waals surface area contributed by atoms with Crippen molar-refractivity contribution >= 4 is 51.5 Å². The molecule has 0 unspecified atom stereocenters. The molecule has 2 amide bonds. The summed E-state index contributed by atoms with van der Waals surface area (Å²) in [5.74, 6) is -0.226. The van der Waals surface area contributed by atoms with Crippen LogP contribution in [-0.2, 0) is 11.3 Å². The summed E-state index contributed by atoms with van der Waals surface area (Å²) in [6.07, 6.45) is 3.82. The lowest BCUT2D eigenvalue weighted by Crippen LogP contribution is -2.27. The van der Waals surface area contributed by atoms with E-state index in [-0.39, 0.29) is 11.1 Å². The summed E-state index contributed by atoms with van der Waals surface area (Å²) in [6, 6.07) is 15.8. The van der Waals surface area contributed by atoms with Crippen molar-refractivity contribution in [2.24, 2.45) is 0 Å². The molecule has 2 heterocycles. The minimum Gasteiger partial charge on any atom is -0.342 e. The SMILES string of the molecule is CCN1C(=O)S/C(=C/c2cn(Cc3ccccc3Cl)c3ccccc23)C1=O. The molecule has 0 bridgehead atoms. The van der Waals surface area contributed by atoms with E-state index >= 15 is 0 Å². The standard InChI is InChI=1S/C21H17ClN2O2S/c1-2-24-20(25)19(27-21(24)26)11-15-13-23(18-10-6-4-8-16(15)18)12-14-7-3-5-9-17(14)22/h3-11,13H,2,12H2,1H3/b19-11+. The molecule has 1 aliphatic heterocycles. The zero-order chi connectivity index (χ0) is 19.0. The van der Waals surface area contributed by atoms with Crippen LogP contribution in [0.3, 0.4) is 0 Å². The number of benzene rings is 2. The van der Waals surface area contributed by atoms with Gasteiger partial charge >= 0.3 is 0 Å². The number of rotatable bonds is 4. The molecule has 0 radical (unpaired) electrons. The van der Waals surface area contributed by atoms with Crippen LogP contribution in [0, 0.1) is 0 Å². The third-order valence-corrected chi connectivity index (χ3v) is 5.87. The highest BCUT2D eigenvalue weighted by Gasteiger charge is 2.33. The van der Waals surface area contributed by atoms with E-state index in [1.165, 1.54) is 4.90 Å². The summed E-state index contributed by atoms with van der Waals surface area (Å²) in [4.78, 5) is 26.1. The average Bonchev–Trinajstić information content (AvgIpc) is 3.14. The number of hydrogen-bond donors (Lipinski definition) is 0. The van der Waals surface area contributed by atoms with Gasteiger partial charge in [0.2, 0.25) is 0 Å². The van der Waals surface area contributed by atoms with Crippen LogP contribution in [0.4, 0.5) is 4.79 Å². The number of likely N-dealkylation sites (N-methyl/N-ethyl adjacent to an activating group) is 1. The number of fused-ring (bicyclic) bond motifs is 1. The van der Waals surface area contributed by atoms with Crippen molar-refractivity contribution in [3.63, 3.8) is 0 Å². The van der Waals surface area contributed by atoms with Crippen molar-refractivity contribution in [1.29, 1.82) is 0 Å². The zero-order valence-electron chi connectivity index (χ0n) is 14.7. The Morgan fingerprint density at radius 1 is 1.07 bits per heavy atom. The molecule has 1 saturated heterocycles. The van der Waals surface area contributed by atoms with Gasteiger partial charge in [-0.25, -0.2) is 0 Å². The lowest BCUT2D eigenvalue weighted by molar-refractivity contribution is -0.122. The molecule has 4 nitrogen and oxygen atoms in total. The maximum Gasteiger partial charge on any atom is 0.293 e. The summed E-state index contributed by atoms with van der Waals surface area (Å²) in [6.45, 7) is 2.81. The van der Waals surface area contributed by atoms with Crippen LogP contribution >= 0.6 is 23.4 Å². The largest absolute Gasteiger partial charge is 0.342 e. The summed E-state index contributed by atoms with van der Waals surface area (Å²) >= 11 is 7.31. The smallest absolute Gasteiger partial charge is 0.293 e. The number of para-hydroxylation sites is 1. The Balaban J connectivity index is 1.77. The van der Waals surface area contributed by atoms with E-state index in [4.69, 9.17) is 11.6 Å². The van der Waals surface area contributed by atoms with E-state index in [9.17, 15) is 9.59 Å². The number of imide groups is 1. The molecular weight excluding hydrogens is 380 g/mol. The van der Waals surface area contributed by atoms with E-state index < -0.39 is 0 Å². The molecule has 1 aliphatic rings. The van der Waals surface area contributed by atoms with Gasteiger partial charge in [0.05, 0.1) is 4.91 Å². The van der Waals surface area contributed by atoms with Crippen LogP contribution in [0.25, 0.3) is 17.0 Å². The Bertz CT molecular complexity index is 1090. The summed E-state index contributed by atoms with van der Waals surface area (Å²) in [5, 5.41) is 1.54. The van der Waals surface area contributed by atoms with E-state index in [1.54, 1.807) is 6.92 Å². The van der Waals surface area contributed by atoms with E-state index in [2.05, 4.69) is 4.57 Å². The first kappa shape index (κ1) is 17.9. The van der Waals surface area contributed by atoms with Gasteiger partial charge in [-0.2, -0.15) is 0 Å². The van der Waals surface area contributed by atoms with Gasteiger partial charge in [-0.3, -0.25) is 14.5 Å². The summed E-state index contributed by atoms with van der Waals surface area (Å²) in [7, 11) is 0. The van der Waals surface area contributed by atoms with E-state index in [0.29, 0.717) is 18.0 Å². The van der Waals surface area contributed by atoms with Gasteiger partial charge in [0.15, 0.2) is 0 Å². The molecule has 3 aromatic rings. The van der Waals surface area contributed by atoms with Gasteiger partial charge in [-0.05, 0) is 42.5 Å². The Hall–Kier alpha value is -2.50. The molecule has 4 rings (SSSR count). The fraction of sp³-hybridized carbons (Fsp3) is 0.143. The van der Waals surface area contributed by atoms with Crippen molar-refractivity contribution in [2.75, 3.05) is 6.54 Å². The number of carbonyl (C=O) groups is 2. The van der Waals surface area contributed by atoms with E-state index in [1.807, 2.05) is 60.8 Å². The summed E-state index contributed by atoms with van der Waals surface area (Å²) in [5.41, 5.74) is 3.00. The van der Waals surface area contributed by atoms with Crippen LogP contribution in [0.5, 0.6) is 0 Å². The maximum absolute atomic E-state index is 12.4. The average molecular weight is 397 g/mol. The van der Waals surface area contributed by atoms with E-state index in [0.717, 1.165) is 38.8 Å². The molecule has 0 spiro atoms. The zero-order valence-corrected chi connectivity index (χ0v) is 16.3. The van der Waals surface area contributed by atoms with Crippen molar-refractivity contribution in [1.82, 2.24) is 9.47 Å². The second-order valence-electron chi connectivity index (χ2n) is 6.25. The first-order valence-corrected chi connectivity index (χ1v) is 9.84. The first-order chi connectivity index (χ1) is 13.1. The fourth-order valence-electron chi connectivity index (χ4n) is 3.25. The lowest BCUT2D eigenvalue weighted by atomic mass is 10.1. The molecule has 0 N–H and O–H groups in total. The van der Waals surface area contributed by atoms with Crippen LogP contribution in [0.1, 0.15) is 18.1 Å². The van der Waals surface area contributed by atoms with Crippen LogP contribution in [0.15, 0.2) is 59.6 Å². The topological polar surface area (TPSA) is 42.3 Å². The second-order valence-corrected chi connectivity index (χ2v) is 7.65. The molecule has 27 heavy (non-hydrogen) atoms. The number of amides is 2. The molecule has 0 atom stereocenters.